The van der Waals surface area contributed by atoms with Crippen LogP contribution >= 0.6 is 11.3 Å². The molecule has 1 aromatic carbocycles. The second kappa shape index (κ2) is 3.67. The highest BCUT2D eigenvalue weighted by molar-refractivity contribution is 7.07. The van der Waals surface area contributed by atoms with E-state index in [0.717, 1.165) is 11.3 Å². The summed E-state index contributed by atoms with van der Waals surface area (Å²) in [5.74, 6) is 0. The van der Waals surface area contributed by atoms with Crippen LogP contribution in [-0.4, -0.2) is 4.57 Å². The van der Waals surface area contributed by atoms with E-state index in [2.05, 4.69) is 0 Å². The maximum atomic E-state index is 11.3. The molecule has 0 fully saturated rings. The van der Waals surface area contributed by atoms with Crippen molar-refractivity contribution in [2.75, 3.05) is 5.73 Å². The Bertz CT molecular complexity index is 487. The van der Waals surface area contributed by atoms with Crippen molar-refractivity contribution in [2.24, 2.45) is 0 Å². The number of nitrogens with two attached hydrogens (primary N) is 1. The standard InChI is InChI=1S/C10H10N2OS/c11-9-3-1-2-8(6-9)7-12-4-5-14-10(12)13/h1-6H,7,11H2. The van der Waals surface area contributed by atoms with E-state index in [4.69, 9.17) is 5.73 Å². The summed E-state index contributed by atoms with van der Waals surface area (Å²) in [6.45, 7) is 0.591. The van der Waals surface area contributed by atoms with Gasteiger partial charge in [-0.15, -0.1) is 0 Å². The average molecular weight is 206 g/mol. The highest BCUT2D eigenvalue weighted by Gasteiger charge is 1.98. The van der Waals surface area contributed by atoms with Gasteiger partial charge < -0.3 is 10.3 Å². The Labute approximate surface area is 85.4 Å². The molecule has 0 spiro atoms. The zero-order chi connectivity index (χ0) is 9.97. The predicted octanol–water partition coefficient (Wildman–Crippen LogP) is 1.54. The van der Waals surface area contributed by atoms with Crippen LogP contribution in [0.3, 0.4) is 0 Å². The molecule has 3 nitrogen and oxygen atoms in total. The SMILES string of the molecule is Nc1cccc(Cn2ccsc2=O)c1. The van der Waals surface area contributed by atoms with Gasteiger partial charge in [0.1, 0.15) is 0 Å². The van der Waals surface area contributed by atoms with E-state index in [-0.39, 0.29) is 4.87 Å². The van der Waals surface area contributed by atoms with Gasteiger partial charge in [-0.1, -0.05) is 23.5 Å². The summed E-state index contributed by atoms with van der Waals surface area (Å²) in [7, 11) is 0. The van der Waals surface area contributed by atoms with Crippen LogP contribution in [0.4, 0.5) is 5.69 Å². The molecule has 2 rings (SSSR count). The Kier molecular flexibility index (Phi) is 2.37. The third kappa shape index (κ3) is 1.85. The Morgan fingerprint density at radius 1 is 1.43 bits per heavy atom. The molecule has 0 saturated heterocycles. The number of anilines is 1. The Morgan fingerprint density at radius 3 is 2.93 bits per heavy atom. The molecule has 0 aliphatic carbocycles. The third-order valence-corrected chi connectivity index (χ3v) is 2.64. The monoisotopic (exact) mass is 206 g/mol. The van der Waals surface area contributed by atoms with Crippen LogP contribution in [0.1, 0.15) is 5.56 Å². The van der Waals surface area contributed by atoms with E-state index in [0.29, 0.717) is 6.54 Å². The first-order chi connectivity index (χ1) is 6.75. The lowest BCUT2D eigenvalue weighted by atomic mass is 10.2. The molecule has 0 aliphatic heterocycles. The van der Waals surface area contributed by atoms with E-state index in [9.17, 15) is 4.79 Å². The molecule has 1 heterocycles. The molecule has 2 aromatic rings. The second-order valence-electron chi connectivity index (χ2n) is 3.04. The van der Waals surface area contributed by atoms with Crippen molar-refractivity contribution in [3.8, 4) is 0 Å². The molecule has 4 heteroatoms. The Hall–Kier alpha value is -1.55. The summed E-state index contributed by atoms with van der Waals surface area (Å²) in [5, 5.41) is 1.79. The number of rotatable bonds is 2. The number of hydrogen-bond donors (Lipinski definition) is 1. The van der Waals surface area contributed by atoms with Gasteiger partial charge in [-0.25, -0.2) is 0 Å². The zero-order valence-electron chi connectivity index (χ0n) is 7.51. The molecule has 0 atom stereocenters. The maximum absolute atomic E-state index is 11.3. The molecule has 0 bridgehead atoms. The molecular weight excluding hydrogens is 196 g/mol. The fourth-order valence-electron chi connectivity index (χ4n) is 1.30. The molecular formula is C10H10N2OS. The minimum Gasteiger partial charge on any atom is -0.399 e. The molecule has 0 radical (unpaired) electrons. The van der Waals surface area contributed by atoms with E-state index < -0.39 is 0 Å². The highest BCUT2D eigenvalue weighted by Crippen LogP contribution is 2.07. The molecule has 0 aliphatic rings. The van der Waals surface area contributed by atoms with Gasteiger partial charge in [-0.3, -0.25) is 4.79 Å². The van der Waals surface area contributed by atoms with Crippen molar-refractivity contribution in [3.05, 3.63) is 51.1 Å². The fourth-order valence-corrected chi connectivity index (χ4v) is 1.88. The number of nitrogen functional groups attached to an aromatic ring is 1. The predicted molar refractivity (Wildman–Crippen MR) is 58.5 cm³/mol. The molecule has 1 aromatic heterocycles. The lowest BCUT2D eigenvalue weighted by molar-refractivity contribution is 0.784. The Balaban J connectivity index is 2.27. The van der Waals surface area contributed by atoms with E-state index in [1.807, 2.05) is 24.3 Å². The number of benzene rings is 1. The van der Waals surface area contributed by atoms with E-state index in [1.165, 1.54) is 11.3 Å². The van der Waals surface area contributed by atoms with Gasteiger partial charge in [0.2, 0.25) is 0 Å². The van der Waals surface area contributed by atoms with Crippen LogP contribution in [0.5, 0.6) is 0 Å². The summed E-state index contributed by atoms with van der Waals surface area (Å²) in [6, 6.07) is 7.56. The first kappa shape index (κ1) is 9.02. The van der Waals surface area contributed by atoms with Gasteiger partial charge >= 0.3 is 4.87 Å². The minimum absolute atomic E-state index is 0.0624. The number of hydrogen-bond acceptors (Lipinski definition) is 3. The number of thiazole rings is 1. The highest BCUT2D eigenvalue weighted by atomic mass is 32.1. The maximum Gasteiger partial charge on any atom is 0.307 e. The van der Waals surface area contributed by atoms with Gasteiger partial charge in [0, 0.05) is 17.3 Å². The quantitative estimate of drug-likeness (QED) is 0.758. The van der Waals surface area contributed by atoms with Crippen molar-refractivity contribution in [3.63, 3.8) is 0 Å². The van der Waals surface area contributed by atoms with Crippen LogP contribution in [-0.2, 0) is 6.54 Å². The topological polar surface area (TPSA) is 48.0 Å². The first-order valence-corrected chi connectivity index (χ1v) is 5.12. The van der Waals surface area contributed by atoms with E-state index in [1.54, 1.807) is 16.1 Å². The number of aromatic nitrogens is 1. The third-order valence-electron chi connectivity index (χ3n) is 1.95. The smallest absolute Gasteiger partial charge is 0.307 e. The summed E-state index contributed by atoms with van der Waals surface area (Å²) < 4.78 is 1.67. The average Bonchev–Trinajstić information content (AvgIpc) is 2.52. The molecule has 2 N–H and O–H groups in total. The molecule has 14 heavy (non-hydrogen) atoms. The van der Waals surface area contributed by atoms with Gasteiger partial charge in [0.05, 0.1) is 6.54 Å². The minimum atomic E-state index is 0.0624. The normalized spacial score (nSPS) is 10.3. The second-order valence-corrected chi connectivity index (χ2v) is 3.90. The van der Waals surface area contributed by atoms with Crippen molar-refractivity contribution < 1.29 is 0 Å². The van der Waals surface area contributed by atoms with Crippen LogP contribution in [0.2, 0.25) is 0 Å². The molecule has 0 unspecified atom stereocenters. The van der Waals surface area contributed by atoms with Gasteiger partial charge in [0.15, 0.2) is 0 Å². The van der Waals surface area contributed by atoms with Gasteiger partial charge in [-0.2, -0.15) is 0 Å². The van der Waals surface area contributed by atoms with Gasteiger partial charge in [0.25, 0.3) is 0 Å². The summed E-state index contributed by atoms with van der Waals surface area (Å²) in [6.07, 6.45) is 1.79. The van der Waals surface area contributed by atoms with Crippen molar-refractivity contribution in [1.29, 1.82) is 0 Å². The largest absolute Gasteiger partial charge is 0.399 e. The summed E-state index contributed by atoms with van der Waals surface area (Å²) >= 11 is 1.20. The van der Waals surface area contributed by atoms with Gasteiger partial charge in [-0.05, 0) is 17.7 Å². The summed E-state index contributed by atoms with van der Waals surface area (Å²) in [5.41, 5.74) is 7.42. The van der Waals surface area contributed by atoms with Crippen LogP contribution in [0, 0.1) is 0 Å². The molecule has 0 saturated carbocycles. The van der Waals surface area contributed by atoms with Crippen molar-refractivity contribution >= 4 is 17.0 Å². The van der Waals surface area contributed by atoms with E-state index >= 15 is 0 Å². The Morgan fingerprint density at radius 2 is 2.29 bits per heavy atom. The lowest BCUT2D eigenvalue weighted by Gasteiger charge is -2.02. The van der Waals surface area contributed by atoms with Crippen LogP contribution < -0.4 is 10.6 Å². The first-order valence-electron chi connectivity index (χ1n) is 4.24. The van der Waals surface area contributed by atoms with Crippen molar-refractivity contribution in [2.45, 2.75) is 6.54 Å². The molecule has 72 valence electrons. The summed E-state index contributed by atoms with van der Waals surface area (Å²) in [4.78, 5) is 11.3. The number of nitrogens with zero attached hydrogens (tertiary/aromatic N) is 1. The lowest BCUT2D eigenvalue weighted by Crippen LogP contribution is -2.12. The van der Waals surface area contributed by atoms with Crippen molar-refractivity contribution in [1.82, 2.24) is 4.57 Å². The zero-order valence-corrected chi connectivity index (χ0v) is 8.33. The van der Waals surface area contributed by atoms with Crippen LogP contribution in [0.25, 0.3) is 0 Å². The van der Waals surface area contributed by atoms with Crippen LogP contribution in [0.15, 0.2) is 40.6 Å². The molecule has 0 amide bonds. The fraction of sp³-hybridized carbons (Fsp3) is 0.100.